The second-order valence-corrected chi connectivity index (χ2v) is 8.63. The fourth-order valence-electron chi connectivity index (χ4n) is 3.84. The molecule has 0 spiro atoms. The lowest BCUT2D eigenvalue weighted by Crippen LogP contribution is -2.38. The Hall–Kier alpha value is -3.54. The number of benzene rings is 2. The van der Waals surface area contributed by atoms with Gasteiger partial charge in [-0.25, -0.2) is 0 Å². The van der Waals surface area contributed by atoms with E-state index in [4.69, 9.17) is 9.15 Å². The molecule has 2 aromatic heterocycles. The third-order valence-electron chi connectivity index (χ3n) is 5.57. The van der Waals surface area contributed by atoms with Crippen molar-refractivity contribution in [2.75, 3.05) is 31.2 Å². The zero-order valence-corrected chi connectivity index (χ0v) is 18.9. The molecule has 0 aliphatic carbocycles. The smallest absolute Gasteiger partial charge is 0.228 e. The number of ether oxygens (including phenoxy) is 1. The normalized spacial score (nSPS) is 13.7. The summed E-state index contributed by atoms with van der Waals surface area (Å²) in [6.07, 6.45) is 1.69. The van der Waals surface area contributed by atoms with Gasteiger partial charge in [0.05, 0.1) is 37.7 Å². The molecule has 33 heavy (non-hydrogen) atoms. The van der Waals surface area contributed by atoms with E-state index < -0.39 is 0 Å². The number of morpholine rings is 1. The van der Waals surface area contributed by atoms with Crippen molar-refractivity contribution < 1.29 is 9.15 Å². The van der Waals surface area contributed by atoms with Crippen LogP contribution in [0.1, 0.15) is 16.9 Å². The lowest BCUT2D eigenvalue weighted by Gasteiger charge is -2.27. The van der Waals surface area contributed by atoms with Gasteiger partial charge in [-0.15, -0.1) is 10.2 Å². The van der Waals surface area contributed by atoms with E-state index in [1.54, 1.807) is 18.0 Å². The van der Waals surface area contributed by atoms with Crippen molar-refractivity contribution >= 4 is 17.7 Å². The summed E-state index contributed by atoms with van der Waals surface area (Å²) in [5.74, 6) is 2.48. The van der Waals surface area contributed by atoms with Crippen LogP contribution in [0.4, 0.5) is 5.95 Å². The Balaban J connectivity index is 1.34. The van der Waals surface area contributed by atoms with Gasteiger partial charge < -0.3 is 14.1 Å². The van der Waals surface area contributed by atoms with Crippen LogP contribution in [0, 0.1) is 11.3 Å². The van der Waals surface area contributed by atoms with Crippen molar-refractivity contribution in [2.24, 2.45) is 0 Å². The molecule has 0 bridgehead atoms. The zero-order chi connectivity index (χ0) is 22.5. The molecule has 2 aromatic carbocycles. The average molecular weight is 458 g/mol. The summed E-state index contributed by atoms with van der Waals surface area (Å²) in [5, 5.41) is 19.2. The molecule has 1 saturated heterocycles. The molecule has 0 atom stereocenters. The van der Waals surface area contributed by atoms with Gasteiger partial charge in [0.25, 0.3) is 0 Å². The molecule has 166 valence electrons. The number of anilines is 1. The van der Waals surface area contributed by atoms with E-state index in [9.17, 15) is 5.26 Å². The molecule has 4 aromatic rings. The minimum Gasteiger partial charge on any atom is -0.467 e. The molecule has 1 aliphatic rings. The Morgan fingerprint density at radius 1 is 0.970 bits per heavy atom. The average Bonchev–Trinajstić information content (AvgIpc) is 3.54. The molecule has 0 saturated carbocycles. The van der Waals surface area contributed by atoms with Crippen molar-refractivity contribution in [2.45, 2.75) is 17.5 Å². The summed E-state index contributed by atoms with van der Waals surface area (Å²) >= 11 is 1.65. The van der Waals surface area contributed by atoms with E-state index in [0.29, 0.717) is 25.3 Å². The summed E-state index contributed by atoms with van der Waals surface area (Å²) in [7, 11) is 0. The quantitative estimate of drug-likeness (QED) is 0.376. The number of hydrogen-bond donors (Lipinski definition) is 0. The maximum absolute atomic E-state index is 9.37. The Kier molecular flexibility index (Phi) is 6.42. The predicted octanol–water partition coefficient (Wildman–Crippen LogP) is 4.59. The Bertz CT molecular complexity index is 1240. The minimum absolute atomic E-state index is 0.582. The Morgan fingerprint density at radius 2 is 1.79 bits per heavy atom. The SMILES string of the molecule is N#Cc1ccccc1-c1ccc(CSc2nnc(N3CCOCC3)n2Cc2ccco2)cc1. The number of nitriles is 1. The molecule has 8 heteroatoms. The van der Waals surface area contributed by atoms with Crippen molar-refractivity contribution in [1.82, 2.24) is 14.8 Å². The first-order valence-corrected chi connectivity index (χ1v) is 11.8. The van der Waals surface area contributed by atoms with Gasteiger partial charge in [-0.05, 0) is 34.9 Å². The van der Waals surface area contributed by atoms with E-state index in [2.05, 4.69) is 50.0 Å². The molecule has 5 rings (SSSR count). The molecule has 0 N–H and O–H groups in total. The first-order valence-electron chi connectivity index (χ1n) is 10.8. The summed E-state index contributed by atoms with van der Waals surface area (Å²) in [5.41, 5.74) is 3.85. The van der Waals surface area contributed by atoms with Crippen LogP contribution in [0.5, 0.6) is 0 Å². The Labute approximate surface area is 196 Å². The largest absolute Gasteiger partial charge is 0.467 e. The van der Waals surface area contributed by atoms with Crippen LogP contribution >= 0.6 is 11.8 Å². The summed E-state index contributed by atoms with van der Waals surface area (Å²) < 4.78 is 13.2. The topological polar surface area (TPSA) is 80.1 Å². The number of rotatable bonds is 7. The summed E-state index contributed by atoms with van der Waals surface area (Å²) in [6.45, 7) is 3.56. The van der Waals surface area contributed by atoms with Crippen LogP contribution in [0.15, 0.2) is 76.5 Å². The number of nitrogens with zero attached hydrogens (tertiary/aromatic N) is 5. The number of furan rings is 1. The first kappa shape index (κ1) is 21.3. The van der Waals surface area contributed by atoms with Crippen LogP contribution in [0.3, 0.4) is 0 Å². The molecule has 0 amide bonds. The van der Waals surface area contributed by atoms with Crippen LogP contribution in [-0.2, 0) is 17.0 Å². The maximum Gasteiger partial charge on any atom is 0.228 e. The maximum atomic E-state index is 9.37. The lowest BCUT2D eigenvalue weighted by molar-refractivity contribution is 0.121. The highest BCUT2D eigenvalue weighted by Gasteiger charge is 2.21. The molecule has 1 fully saturated rings. The highest BCUT2D eigenvalue weighted by atomic mass is 32.2. The van der Waals surface area contributed by atoms with Gasteiger partial charge in [-0.3, -0.25) is 4.57 Å². The van der Waals surface area contributed by atoms with Gasteiger partial charge >= 0.3 is 0 Å². The predicted molar refractivity (Wildman–Crippen MR) is 127 cm³/mol. The number of thioether (sulfide) groups is 1. The third-order valence-corrected chi connectivity index (χ3v) is 6.60. The molecular weight excluding hydrogens is 434 g/mol. The molecular formula is C25H23N5O2S. The second-order valence-electron chi connectivity index (χ2n) is 7.69. The first-order chi connectivity index (χ1) is 16.3. The van der Waals surface area contributed by atoms with Gasteiger partial charge in [0, 0.05) is 18.8 Å². The van der Waals surface area contributed by atoms with Crippen molar-refractivity contribution in [3.63, 3.8) is 0 Å². The van der Waals surface area contributed by atoms with E-state index in [0.717, 1.165) is 46.8 Å². The summed E-state index contributed by atoms with van der Waals surface area (Å²) in [6, 6.07) is 22.1. The minimum atomic E-state index is 0.582. The standard InChI is InChI=1S/C25H23N5O2S/c26-16-21-4-1-2-6-23(21)20-9-7-19(8-10-20)18-33-25-28-27-24(29-11-14-31-15-12-29)30(25)17-22-5-3-13-32-22/h1-10,13H,11-12,14-15,17-18H2. The molecule has 7 nitrogen and oxygen atoms in total. The van der Waals surface area contributed by atoms with Gasteiger partial charge in [-0.2, -0.15) is 5.26 Å². The highest BCUT2D eigenvalue weighted by Crippen LogP contribution is 2.29. The van der Waals surface area contributed by atoms with Crippen LogP contribution in [-0.4, -0.2) is 41.1 Å². The third kappa shape index (κ3) is 4.80. The van der Waals surface area contributed by atoms with Gasteiger partial charge in [0.15, 0.2) is 5.16 Å². The van der Waals surface area contributed by atoms with E-state index in [-0.39, 0.29) is 0 Å². The van der Waals surface area contributed by atoms with Crippen molar-refractivity contribution in [3.05, 3.63) is 83.8 Å². The van der Waals surface area contributed by atoms with Crippen molar-refractivity contribution in [3.8, 4) is 17.2 Å². The van der Waals surface area contributed by atoms with Crippen LogP contribution < -0.4 is 4.90 Å². The zero-order valence-electron chi connectivity index (χ0n) is 18.1. The second kappa shape index (κ2) is 9.94. The van der Waals surface area contributed by atoms with E-state index in [1.807, 2.05) is 36.4 Å². The molecule has 1 aliphatic heterocycles. The van der Waals surface area contributed by atoms with Gasteiger partial charge in [0.2, 0.25) is 5.95 Å². The van der Waals surface area contributed by atoms with Crippen molar-refractivity contribution in [1.29, 1.82) is 5.26 Å². The molecule has 0 unspecified atom stereocenters. The monoisotopic (exact) mass is 457 g/mol. The highest BCUT2D eigenvalue weighted by molar-refractivity contribution is 7.98. The van der Waals surface area contributed by atoms with Gasteiger partial charge in [-0.1, -0.05) is 54.2 Å². The molecule has 0 radical (unpaired) electrons. The lowest BCUT2D eigenvalue weighted by atomic mass is 10.00. The fourth-order valence-corrected chi connectivity index (χ4v) is 4.73. The molecule has 3 heterocycles. The number of hydrogen-bond acceptors (Lipinski definition) is 7. The van der Waals surface area contributed by atoms with Crippen LogP contribution in [0.2, 0.25) is 0 Å². The van der Waals surface area contributed by atoms with Gasteiger partial charge in [0.1, 0.15) is 5.76 Å². The number of aromatic nitrogens is 3. The van der Waals surface area contributed by atoms with E-state index in [1.165, 1.54) is 5.56 Å². The fraction of sp³-hybridized carbons (Fsp3) is 0.240. The van der Waals surface area contributed by atoms with Crippen LogP contribution in [0.25, 0.3) is 11.1 Å². The Morgan fingerprint density at radius 3 is 2.55 bits per heavy atom. The summed E-state index contributed by atoms with van der Waals surface area (Å²) in [4.78, 5) is 2.21. The van der Waals surface area contributed by atoms with E-state index >= 15 is 0 Å².